The van der Waals surface area contributed by atoms with Crippen LogP contribution in [0.1, 0.15) is 11.1 Å². The van der Waals surface area contributed by atoms with Crippen LogP contribution in [-0.2, 0) is 6.54 Å². The van der Waals surface area contributed by atoms with E-state index < -0.39 is 0 Å². The second kappa shape index (κ2) is 4.61. The van der Waals surface area contributed by atoms with Gasteiger partial charge in [-0.15, -0.1) is 0 Å². The van der Waals surface area contributed by atoms with Gasteiger partial charge in [-0.25, -0.2) is 9.97 Å². The van der Waals surface area contributed by atoms with Gasteiger partial charge in [-0.05, 0) is 18.1 Å². The summed E-state index contributed by atoms with van der Waals surface area (Å²) in [5.74, 6) is 0.595. The number of nitrogens with one attached hydrogen (secondary N) is 1. The molecule has 0 bridgehead atoms. The van der Waals surface area contributed by atoms with Gasteiger partial charge in [0.05, 0.1) is 18.1 Å². The van der Waals surface area contributed by atoms with E-state index in [0.717, 1.165) is 6.54 Å². The lowest BCUT2D eigenvalue weighted by atomic mass is 10.1. The van der Waals surface area contributed by atoms with Crippen molar-refractivity contribution < 1.29 is 0 Å². The van der Waals surface area contributed by atoms with Gasteiger partial charge >= 0.3 is 0 Å². The highest BCUT2D eigenvalue weighted by Gasteiger charge is 1.98. The van der Waals surface area contributed by atoms with Crippen LogP contribution in [0.2, 0.25) is 0 Å². The number of rotatable bonds is 3. The normalized spacial score (nSPS) is 10.1. The molecule has 3 N–H and O–H groups in total. The van der Waals surface area contributed by atoms with Crippen molar-refractivity contribution in [1.29, 1.82) is 0 Å². The lowest BCUT2D eigenvalue weighted by Gasteiger charge is -2.07. The van der Waals surface area contributed by atoms with E-state index in [1.807, 2.05) is 12.1 Å². The summed E-state index contributed by atoms with van der Waals surface area (Å²) in [6.07, 6.45) is 3.18. The molecule has 1 aromatic heterocycles. The summed E-state index contributed by atoms with van der Waals surface area (Å²) in [6.45, 7) is 2.80. The Morgan fingerprint density at radius 1 is 1.19 bits per heavy atom. The van der Waals surface area contributed by atoms with Gasteiger partial charge in [-0.3, -0.25) is 0 Å². The van der Waals surface area contributed by atoms with Crippen LogP contribution in [0.3, 0.4) is 0 Å². The Kier molecular flexibility index (Phi) is 3.00. The molecule has 0 fully saturated rings. The maximum Gasteiger partial charge on any atom is 0.222 e. The SMILES string of the molecule is Cc1ccccc1CNc1ncc(N)cn1. The molecule has 16 heavy (non-hydrogen) atoms. The molecule has 0 aliphatic rings. The van der Waals surface area contributed by atoms with Crippen LogP contribution in [0.5, 0.6) is 0 Å². The first kappa shape index (κ1) is 10.4. The van der Waals surface area contributed by atoms with Crippen molar-refractivity contribution in [3.8, 4) is 0 Å². The number of nitrogens with two attached hydrogens (primary N) is 1. The second-order valence-electron chi connectivity index (χ2n) is 3.62. The standard InChI is InChI=1S/C12H14N4/c1-9-4-2-3-5-10(9)6-14-12-15-7-11(13)8-16-12/h2-5,7-8H,6,13H2,1H3,(H,14,15,16). The number of benzene rings is 1. The summed E-state index contributed by atoms with van der Waals surface area (Å²) in [5, 5.41) is 3.15. The van der Waals surface area contributed by atoms with E-state index in [1.54, 1.807) is 12.4 Å². The van der Waals surface area contributed by atoms with Gasteiger partial charge in [0.1, 0.15) is 0 Å². The van der Waals surface area contributed by atoms with Crippen molar-refractivity contribution in [2.45, 2.75) is 13.5 Å². The summed E-state index contributed by atoms with van der Waals surface area (Å²) in [7, 11) is 0. The molecular weight excluding hydrogens is 200 g/mol. The van der Waals surface area contributed by atoms with Crippen molar-refractivity contribution in [3.05, 3.63) is 47.8 Å². The summed E-state index contributed by atoms with van der Waals surface area (Å²) in [4.78, 5) is 8.15. The molecule has 82 valence electrons. The molecule has 4 heteroatoms. The molecule has 2 aromatic rings. The Labute approximate surface area is 94.5 Å². The van der Waals surface area contributed by atoms with E-state index in [0.29, 0.717) is 11.6 Å². The number of nitrogen functional groups attached to an aromatic ring is 1. The van der Waals surface area contributed by atoms with E-state index in [-0.39, 0.29) is 0 Å². The molecule has 1 heterocycles. The van der Waals surface area contributed by atoms with Gasteiger partial charge in [0.2, 0.25) is 5.95 Å². The van der Waals surface area contributed by atoms with Gasteiger partial charge in [0.25, 0.3) is 0 Å². The average molecular weight is 214 g/mol. The lowest BCUT2D eigenvalue weighted by Crippen LogP contribution is -2.04. The topological polar surface area (TPSA) is 63.8 Å². The van der Waals surface area contributed by atoms with Crippen molar-refractivity contribution in [3.63, 3.8) is 0 Å². The Morgan fingerprint density at radius 3 is 2.56 bits per heavy atom. The lowest BCUT2D eigenvalue weighted by molar-refractivity contribution is 1.04. The van der Waals surface area contributed by atoms with E-state index in [9.17, 15) is 0 Å². The molecule has 0 spiro atoms. The van der Waals surface area contributed by atoms with Crippen LogP contribution < -0.4 is 11.1 Å². The Balaban J connectivity index is 2.02. The zero-order valence-corrected chi connectivity index (χ0v) is 9.14. The Morgan fingerprint density at radius 2 is 1.88 bits per heavy atom. The number of aryl methyl sites for hydroxylation is 1. The van der Waals surface area contributed by atoms with Crippen molar-refractivity contribution in [1.82, 2.24) is 9.97 Å². The predicted octanol–water partition coefficient (Wildman–Crippen LogP) is 1.98. The van der Waals surface area contributed by atoms with Gasteiger partial charge in [0, 0.05) is 6.54 Å². The van der Waals surface area contributed by atoms with Gasteiger partial charge < -0.3 is 11.1 Å². The molecule has 0 unspecified atom stereocenters. The van der Waals surface area contributed by atoms with Gasteiger partial charge in [0.15, 0.2) is 0 Å². The van der Waals surface area contributed by atoms with E-state index >= 15 is 0 Å². The average Bonchev–Trinajstić information content (AvgIpc) is 2.30. The molecule has 0 aliphatic carbocycles. The number of hydrogen-bond donors (Lipinski definition) is 2. The highest BCUT2D eigenvalue weighted by Crippen LogP contribution is 2.09. The predicted molar refractivity (Wildman–Crippen MR) is 65.0 cm³/mol. The van der Waals surface area contributed by atoms with Crippen molar-refractivity contribution in [2.75, 3.05) is 11.1 Å². The van der Waals surface area contributed by atoms with Crippen LogP contribution in [-0.4, -0.2) is 9.97 Å². The molecule has 1 aromatic carbocycles. The first-order valence-electron chi connectivity index (χ1n) is 5.11. The van der Waals surface area contributed by atoms with Crippen LogP contribution in [0.4, 0.5) is 11.6 Å². The third-order valence-electron chi connectivity index (χ3n) is 2.37. The molecule has 0 atom stereocenters. The molecule has 0 saturated carbocycles. The first-order valence-corrected chi connectivity index (χ1v) is 5.11. The van der Waals surface area contributed by atoms with Gasteiger partial charge in [-0.1, -0.05) is 24.3 Å². The van der Waals surface area contributed by atoms with Crippen LogP contribution in [0, 0.1) is 6.92 Å². The molecular formula is C12H14N4. The monoisotopic (exact) mass is 214 g/mol. The molecule has 0 aliphatic heterocycles. The highest BCUT2D eigenvalue weighted by atomic mass is 15.1. The highest BCUT2D eigenvalue weighted by molar-refractivity contribution is 5.37. The van der Waals surface area contributed by atoms with Crippen LogP contribution in [0.25, 0.3) is 0 Å². The first-order chi connectivity index (χ1) is 7.75. The Hall–Kier alpha value is -2.10. The van der Waals surface area contributed by atoms with Crippen LogP contribution >= 0.6 is 0 Å². The Bertz CT molecular complexity index is 465. The summed E-state index contributed by atoms with van der Waals surface area (Å²) in [5.41, 5.74) is 8.57. The van der Waals surface area contributed by atoms with Gasteiger partial charge in [-0.2, -0.15) is 0 Å². The summed E-state index contributed by atoms with van der Waals surface area (Å²) in [6, 6.07) is 8.22. The summed E-state index contributed by atoms with van der Waals surface area (Å²) < 4.78 is 0. The molecule has 0 amide bonds. The number of aromatic nitrogens is 2. The van der Waals surface area contributed by atoms with Crippen molar-refractivity contribution >= 4 is 11.6 Å². The molecule has 2 rings (SSSR count). The fourth-order valence-electron chi connectivity index (χ4n) is 1.41. The minimum absolute atomic E-state index is 0.571. The van der Waals surface area contributed by atoms with E-state index in [1.165, 1.54) is 11.1 Å². The number of anilines is 2. The minimum atomic E-state index is 0.571. The quantitative estimate of drug-likeness (QED) is 0.820. The number of hydrogen-bond acceptors (Lipinski definition) is 4. The third-order valence-corrected chi connectivity index (χ3v) is 2.37. The zero-order valence-electron chi connectivity index (χ0n) is 9.14. The second-order valence-corrected chi connectivity index (χ2v) is 3.62. The van der Waals surface area contributed by atoms with E-state index in [2.05, 4.69) is 34.3 Å². The zero-order chi connectivity index (χ0) is 11.4. The third kappa shape index (κ3) is 2.48. The molecule has 0 radical (unpaired) electrons. The van der Waals surface area contributed by atoms with Crippen LogP contribution in [0.15, 0.2) is 36.7 Å². The maximum absolute atomic E-state index is 5.51. The van der Waals surface area contributed by atoms with E-state index in [4.69, 9.17) is 5.73 Å². The van der Waals surface area contributed by atoms with Crippen molar-refractivity contribution in [2.24, 2.45) is 0 Å². The smallest absolute Gasteiger partial charge is 0.222 e. The maximum atomic E-state index is 5.51. The molecule has 4 nitrogen and oxygen atoms in total. The number of nitrogens with zero attached hydrogens (tertiary/aromatic N) is 2. The molecule has 0 saturated heterocycles. The minimum Gasteiger partial charge on any atom is -0.396 e. The summed E-state index contributed by atoms with van der Waals surface area (Å²) >= 11 is 0. The fourth-order valence-corrected chi connectivity index (χ4v) is 1.41. The largest absolute Gasteiger partial charge is 0.396 e. The fraction of sp³-hybridized carbons (Fsp3) is 0.167.